The van der Waals surface area contributed by atoms with Crippen molar-refractivity contribution in [2.75, 3.05) is 18.6 Å². The Kier molecular flexibility index (Phi) is 4.88. The Bertz CT molecular complexity index is 1200. The molecule has 32 heavy (non-hydrogen) atoms. The summed E-state index contributed by atoms with van der Waals surface area (Å²) in [7, 11) is 1.67. The van der Waals surface area contributed by atoms with Crippen molar-refractivity contribution in [3.8, 4) is 5.75 Å². The zero-order chi connectivity index (χ0) is 22.7. The van der Waals surface area contributed by atoms with Gasteiger partial charge in [0.05, 0.1) is 5.02 Å². The zero-order valence-electron chi connectivity index (χ0n) is 17.3. The quantitative estimate of drug-likeness (QED) is 0.731. The van der Waals surface area contributed by atoms with Gasteiger partial charge in [0.15, 0.2) is 11.4 Å². The van der Waals surface area contributed by atoms with Gasteiger partial charge in [0.25, 0.3) is 11.8 Å². The standard InChI is InChI=1S/C22H22ClFN4O4/c1-26-21-12-6-5-11(7-12)9-28(21)27-10-14(18(29)19(30)17(27)22(26)32)20(31)25-8-13-3-2-4-15(23)16(13)24/h2-4,10-12,21,30H,5-9H2,1H3,(H,25,31)/t11-,12+,21+/m1/s1. The number of nitrogens with one attached hydrogen (secondary N) is 1. The Balaban J connectivity index is 1.51. The molecule has 2 amide bonds. The fraction of sp³-hybridized carbons (Fsp3) is 0.409. The molecule has 0 radical (unpaired) electrons. The van der Waals surface area contributed by atoms with Crippen molar-refractivity contribution in [2.24, 2.45) is 11.8 Å². The first-order valence-corrected chi connectivity index (χ1v) is 10.9. The fourth-order valence-electron chi connectivity index (χ4n) is 5.29. The van der Waals surface area contributed by atoms with Crippen molar-refractivity contribution in [3.05, 3.63) is 62.3 Å². The largest absolute Gasteiger partial charge is 0.502 e. The number of amides is 2. The van der Waals surface area contributed by atoms with Gasteiger partial charge in [-0.15, -0.1) is 0 Å². The molecule has 168 valence electrons. The van der Waals surface area contributed by atoms with Crippen LogP contribution in [-0.4, -0.2) is 46.3 Å². The number of piperidine rings is 1. The van der Waals surface area contributed by atoms with Crippen molar-refractivity contribution in [1.29, 1.82) is 0 Å². The third-order valence-electron chi connectivity index (χ3n) is 6.83. The number of rotatable bonds is 3. The van der Waals surface area contributed by atoms with Crippen LogP contribution in [-0.2, 0) is 6.54 Å². The molecule has 1 aromatic heterocycles. The highest BCUT2D eigenvalue weighted by Gasteiger charge is 2.48. The maximum Gasteiger partial charge on any atom is 0.277 e. The summed E-state index contributed by atoms with van der Waals surface area (Å²) < 4.78 is 15.6. The molecule has 3 atom stereocenters. The topological polar surface area (TPSA) is 94.9 Å². The Morgan fingerprint density at radius 2 is 2.09 bits per heavy atom. The maximum absolute atomic E-state index is 14.1. The van der Waals surface area contributed by atoms with E-state index in [4.69, 9.17) is 11.6 Å². The smallest absolute Gasteiger partial charge is 0.277 e. The molecule has 1 saturated carbocycles. The van der Waals surface area contributed by atoms with E-state index < -0.39 is 28.8 Å². The van der Waals surface area contributed by atoms with Crippen molar-refractivity contribution in [1.82, 2.24) is 14.9 Å². The SMILES string of the molecule is CN1C(=O)c2c(O)c(=O)c(C(=O)NCc3cccc(Cl)c3F)cn2N2C[C@@H]3CC[C@@H](C3)[C@@H]12. The highest BCUT2D eigenvalue weighted by Crippen LogP contribution is 2.42. The van der Waals surface area contributed by atoms with Crippen LogP contribution in [0.2, 0.25) is 5.02 Å². The van der Waals surface area contributed by atoms with E-state index in [1.165, 1.54) is 23.0 Å². The van der Waals surface area contributed by atoms with E-state index in [9.17, 15) is 23.9 Å². The molecule has 8 nitrogen and oxygen atoms in total. The average molecular weight is 461 g/mol. The molecule has 1 saturated heterocycles. The third-order valence-corrected chi connectivity index (χ3v) is 7.12. The second kappa shape index (κ2) is 7.51. The molecule has 2 fully saturated rings. The lowest BCUT2D eigenvalue weighted by molar-refractivity contribution is 0.0492. The molecule has 2 aliphatic heterocycles. The Labute approximate surface area is 188 Å². The number of aromatic nitrogens is 1. The third kappa shape index (κ3) is 3.06. The van der Waals surface area contributed by atoms with Gasteiger partial charge in [0.1, 0.15) is 17.5 Å². The van der Waals surface area contributed by atoms with Crippen molar-refractivity contribution in [2.45, 2.75) is 32.0 Å². The first-order chi connectivity index (χ1) is 15.3. The van der Waals surface area contributed by atoms with Gasteiger partial charge in [-0.2, -0.15) is 0 Å². The summed E-state index contributed by atoms with van der Waals surface area (Å²) in [4.78, 5) is 40.2. The number of carbonyl (C=O) groups is 2. The van der Waals surface area contributed by atoms with Gasteiger partial charge in [-0.05, 0) is 37.2 Å². The van der Waals surface area contributed by atoms with Crippen LogP contribution in [0.3, 0.4) is 0 Å². The molecule has 3 aliphatic rings. The van der Waals surface area contributed by atoms with Gasteiger partial charge in [0.2, 0.25) is 5.43 Å². The monoisotopic (exact) mass is 460 g/mol. The van der Waals surface area contributed by atoms with Crippen LogP contribution in [0.15, 0.2) is 29.2 Å². The summed E-state index contributed by atoms with van der Waals surface area (Å²) in [5.74, 6) is -1.91. The fourth-order valence-corrected chi connectivity index (χ4v) is 5.49. The number of carbonyl (C=O) groups excluding carboxylic acids is 2. The molecule has 0 unspecified atom stereocenters. The van der Waals surface area contributed by atoms with Crippen molar-refractivity contribution >= 4 is 23.4 Å². The second-order valence-electron chi connectivity index (χ2n) is 8.70. The predicted molar refractivity (Wildman–Crippen MR) is 115 cm³/mol. The molecular formula is C22H22ClFN4O4. The van der Waals surface area contributed by atoms with E-state index in [0.717, 1.165) is 19.3 Å². The van der Waals surface area contributed by atoms with Gasteiger partial charge in [-0.25, -0.2) is 4.39 Å². The molecule has 3 heterocycles. The molecule has 1 aliphatic carbocycles. The predicted octanol–water partition coefficient (Wildman–Crippen LogP) is 2.06. The molecule has 0 spiro atoms. The van der Waals surface area contributed by atoms with Crippen LogP contribution < -0.4 is 15.8 Å². The minimum atomic E-state index is -0.944. The number of nitrogens with zero attached hydrogens (tertiary/aromatic N) is 3. The highest BCUT2D eigenvalue weighted by molar-refractivity contribution is 6.30. The van der Waals surface area contributed by atoms with Gasteiger partial charge < -0.3 is 15.3 Å². The highest BCUT2D eigenvalue weighted by atomic mass is 35.5. The number of hydrogen-bond donors (Lipinski definition) is 2. The lowest BCUT2D eigenvalue weighted by Crippen LogP contribution is -2.65. The first kappa shape index (κ1) is 20.8. The number of hydrogen-bond acceptors (Lipinski definition) is 5. The number of aromatic hydroxyl groups is 1. The first-order valence-electron chi connectivity index (χ1n) is 10.5. The zero-order valence-corrected chi connectivity index (χ0v) is 18.1. The van der Waals surface area contributed by atoms with Crippen molar-refractivity contribution in [3.63, 3.8) is 0 Å². The molecule has 2 aromatic rings. The number of benzene rings is 1. The number of pyridine rings is 1. The van der Waals surface area contributed by atoms with E-state index in [-0.39, 0.29) is 34.6 Å². The van der Waals surface area contributed by atoms with E-state index in [2.05, 4.69) is 5.32 Å². The summed E-state index contributed by atoms with van der Waals surface area (Å²) in [5.41, 5.74) is -1.24. The molecule has 2 N–H and O–H groups in total. The van der Waals surface area contributed by atoms with E-state index in [0.29, 0.717) is 18.4 Å². The summed E-state index contributed by atoms with van der Waals surface area (Å²) in [6.07, 6.45) is 4.19. The van der Waals surface area contributed by atoms with Gasteiger partial charge in [0, 0.05) is 31.9 Å². The second-order valence-corrected chi connectivity index (χ2v) is 9.11. The normalized spacial score (nSPS) is 23.7. The van der Waals surface area contributed by atoms with Crippen LogP contribution >= 0.6 is 11.6 Å². The van der Waals surface area contributed by atoms with Gasteiger partial charge in [-0.1, -0.05) is 23.7 Å². The molecule has 10 heteroatoms. The Morgan fingerprint density at radius 1 is 1.31 bits per heavy atom. The summed E-state index contributed by atoms with van der Waals surface area (Å²) >= 11 is 5.77. The minimum absolute atomic E-state index is 0.0725. The molecule has 5 rings (SSSR count). The average Bonchev–Trinajstić information content (AvgIpc) is 3.15. The van der Waals surface area contributed by atoms with Crippen LogP contribution in [0, 0.1) is 17.7 Å². The minimum Gasteiger partial charge on any atom is -0.502 e. The number of fused-ring (bicyclic) bond motifs is 6. The molecular weight excluding hydrogens is 439 g/mol. The summed E-state index contributed by atoms with van der Waals surface area (Å²) in [6, 6.07) is 4.42. The maximum atomic E-state index is 14.1. The Hall–Kier alpha value is -3.07. The van der Waals surface area contributed by atoms with Crippen molar-refractivity contribution < 1.29 is 19.1 Å². The van der Waals surface area contributed by atoms with E-state index >= 15 is 0 Å². The lowest BCUT2D eigenvalue weighted by Gasteiger charge is -2.50. The Morgan fingerprint density at radius 3 is 2.88 bits per heavy atom. The van der Waals surface area contributed by atoms with Crippen LogP contribution in [0.1, 0.15) is 45.7 Å². The van der Waals surface area contributed by atoms with Gasteiger partial charge >= 0.3 is 0 Å². The van der Waals surface area contributed by atoms with Gasteiger partial charge in [-0.3, -0.25) is 24.1 Å². The molecule has 1 aromatic carbocycles. The molecule has 2 bridgehead atoms. The van der Waals surface area contributed by atoms with E-state index in [1.807, 2.05) is 5.01 Å². The van der Waals surface area contributed by atoms with E-state index in [1.54, 1.807) is 18.0 Å². The number of halogens is 2. The van der Waals surface area contributed by atoms with Crippen LogP contribution in [0.5, 0.6) is 5.75 Å². The summed E-state index contributed by atoms with van der Waals surface area (Å²) in [6.45, 7) is 0.466. The van der Waals surface area contributed by atoms with Crippen LogP contribution in [0.25, 0.3) is 0 Å². The van der Waals surface area contributed by atoms with Crippen LogP contribution in [0.4, 0.5) is 4.39 Å². The summed E-state index contributed by atoms with van der Waals surface area (Å²) in [5, 5.41) is 15.0. The lowest BCUT2D eigenvalue weighted by atomic mass is 9.94.